The molecule has 0 heterocycles. The van der Waals surface area contributed by atoms with Crippen LogP contribution >= 0.6 is 24.0 Å². The highest BCUT2D eigenvalue weighted by molar-refractivity contribution is 6.33. The predicted molar refractivity (Wildman–Crippen MR) is 107 cm³/mol. The van der Waals surface area contributed by atoms with Crippen molar-refractivity contribution in [2.75, 3.05) is 18.9 Å². The summed E-state index contributed by atoms with van der Waals surface area (Å²) in [6.07, 6.45) is 4.26. The lowest BCUT2D eigenvalue weighted by atomic mass is 10.1. The van der Waals surface area contributed by atoms with Crippen LogP contribution in [0, 0.1) is 0 Å². The lowest BCUT2D eigenvalue weighted by Crippen LogP contribution is -2.33. The number of unbranched alkanes of at least 4 members (excludes halogenated alkanes) is 3. The third-order valence-corrected chi connectivity index (χ3v) is 4.27. The van der Waals surface area contributed by atoms with Gasteiger partial charge >= 0.3 is 0 Å². The Morgan fingerprint density at radius 1 is 1.20 bits per heavy atom. The Morgan fingerprint density at radius 3 is 2.44 bits per heavy atom. The fourth-order valence-corrected chi connectivity index (χ4v) is 2.35. The largest absolute Gasteiger partial charge is 0.339 e. The molecule has 2 amide bonds. The molecule has 0 bridgehead atoms. The van der Waals surface area contributed by atoms with Crippen LogP contribution in [0.1, 0.15) is 56.3 Å². The first-order valence-corrected chi connectivity index (χ1v) is 8.81. The maximum Gasteiger partial charge on any atom is 0.253 e. The van der Waals surface area contributed by atoms with Gasteiger partial charge in [0.2, 0.25) is 5.91 Å². The molecule has 0 spiro atoms. The van der Waals surface area contributed by atoms with Gasteiger partial charge in [-0.3, -0.25) is 9.59 Å². The monoisotopic (exact) mass is 389 g/mol. The molecule has 0 fully saturated rings. The van der Waals surface area contributed by atoms with Crippen LogP contribution < -0.4 is 11.1 Å². The number of carbonyl (C=O) groups is 2. The molecule has 142 valence electrons. The minimum absolute atomic E-state index is 0. The summed E-state index contributed by atoms with van der Waals surface area (Å²) in [5.41, 5.74) is 6.43. The van der Waals surface area contributed by atoms with E-state index in [2.05, 4.69) is 5.32 Å². The number of nitrogens with one attached hydrogen (secondary N) is 1. The van der Waals surface area contributed by atoms with Crippen molar-refractivity contribution in [1.29, 1.82) is 0 Å². The van der Waals surface area contributed by atoms with Gasteiger partial charge in [0.1, 0.15) is 0 Å². The summed E-state index contributed by atoms with van der Waals surface area (Å²) in [4.78, 5) is 26.0. The van der Waals surface area contributed by atoms with E-state index in [4.69, 9.17) is 17.3 Å². The van der Waals surface area contributed by atoms with Gasteiger partial charge in [-0.15, -0.1) is 12.4 Å². The molecule has 0 aliphatic carbocycles. The van der Waals surface area contributed by atoms with Crippen molar-refractivity contribution >= 4 is 41.5 Å². The van der Waals surface area contributed by atoms with Gasteiger partial charge in [-0.25, -0.2) is 0 Å². The Balaban J connectivity index is 0.00000576. The standard InChI is InChI=1S/C18H28ClN3O2.ClH/c1-13(2)22(3)18(24)14-9-10-15(19)16(12-14)21-17(23)8-6-4-5-7-11-20;/h9-10,12-13H,4-8,11,20H2,1-3H3,(H,21,23);1H. The van der Waals surface area contributed by atoms with E-state index < -0.39 is 0 Å². The van der Waals surface area contributed by atoms with Gasteiger partial charge in [0.25, 0.3) is 5.91 Å². The van der Waals surface area contributed by atoms with Gasteiger partial charge in [-0.1, -0.05) is 24.4 Å². The fourth-order valence-electron chi connectivity index (χ4n) is 2.19. The molecule has 0 atom stereocenters. The van der Waals surface area contributed by atoms with E-state index in [1.165, 1.54) is 0 Å². The number of nitrogens with two attached hydrogens (primary N) is 1. The number of hydrogen-bond donors (Lipinski definition) is 2. The summed E-state index contributed by atoms with van der Waals surface area (Å²) in [5.74, 6) is -0.189. The predicted octanol–water partition coefficient (Wildman–Crippen LogP) is 4.09. The molecule has 0 aromatic heterocycles. The van der Waals surface area contributed by atoms with Crippen molar-refractivity contribution in [2.45, 2.75) is 52.0 Å². The second-order valence-electron chi connectivity index (χ2n) is 6.21. The van der Waals surface area contributed by atoms with E-state index in [1.54, 1.807) is 30.1 Å². The highest BCUT2D eigenvalue weighted by Gasteiger charge is 2.16. The van der Waals surface area contributed by atoms with E-state index in [9.17, 15) is 9.59 Å². The molecule has 0 radical (unpaired) electrons. The summed E-state index contributed by atoms with van der Waals surface area (Å²) in [6.45, 7) is 4.58. The van der Waals surface area contributed by atoms with Gasteiger partial charge in [0.15, 0.2) is 0 Å². The molecule has 0 saturated heterocycles. The second-order valence-corrected chi connectivity index (χ2v) is 6.61. The summed E-state index contributed by atoms with van der Waals surface area (Å²) in [7, 11) is 1.75. The van der Waals surface area contributed by atoms with E-state index >= 15 is 0 Å². The van der Waals surface area contributed by atoms with Gasteiger partial charge < -0.3 is 16.0 Å². The Bertz CT molecular complexity index is 565. The Hall–Kier alpha value is -1.30. The second kappa shape index (κ2) is 12.1. The molecule has 1 aromatic rings. The smallest absolute Gasteiger partial charge is 0.253 e. The summed E-state index contributed by atoms with van der Waals surface area (Å²) in [5, 5.41) is 3.22. The van der Waals surface area contributed by atoms with Crippen molar-refractivity contribution in [1.82, 2.24) is 4.90 Å². The van der Waals surface area contributed by atoms with Crippen LogP contribution in [0.5, 0.6) is 0 Å². The molecular weight excluding hydrogens is 361 g/mol. The number of benzene rings is 1. The van der Waals surface area contributed by atoms with Gasteiger partial charge in [-0.2, -0.15) is 0 Å². The topological polar surface area (TPSA) is 75.4 Å². The number of carbonyl (C=O) groups excluding carboxylic acids is 2. The number of rotatable bonds is 9. The molecule has 3 N–H and O–H groups in total. The van der Waals surface area contributed by atoms with Crippen LogP contribution in [0.15, 0.2) is 18.2 Å². The molecule has 0 saturated carbocycles. The Labute approximate surface area is 161 Å². The number of nitrogens with zero attached hydrogens (tertiary/aromatic N) is 1. The maximum atomic E-state index is 12.4. The van der Waals surface area contributed by atoms with Gasteiger partial charge in [0, 0.05) is 25.1 Å². The van der Waals surface area contributed by atoms with E-state index in [-0.39, 0.29) is 30.3 Å². The average Bonchev–Trinajstić information content (AvgIpc) is 2.55. The summed E-state index contributed by atoms with van der Waals surface area (Å²) in [6, 6.07) is 5.04. The maximum absolute atomic E-state index is 12.4. The molecule has 1 aromatic carbocycles. The Morgan fingerprint density at radius 2 is 1.84 bits per heavy atom. The summed E-state index contributed by atoms with van der Waals surface area (Å²) >= 11 is 6.14. The van der Waals surface area contributed by atoms with Gasteiger partial charge in [0.05, 0.1) is 10.7 Å². The van der Waals surface area contributed by atoms with Crippen LogP contribution in [-0.4, -0.2) is 36.3 Å². The average molecular weight is 390 g/mol. The van der Waals surface area contributed by atoms with Crippen molar-refractivity contribution in [2.24, 2.45) is 5.73 Å². The minimum Gasteiger partial charge on any atom is -0.339 e. The van der Waals surface area contributed by atoms with Crippen LogP contribution in [0.2, 0.25) is 5.02 Å². The minimum atomic E-state index is -0.0982. The first-order chi connectivity index (χ1) is 11.4. The van der Waals surface area contributed by atoms with Crippen molar-refractivity contribution in [3.8, 4) is 0 Å². The first kappa shape index (κ1) is 23.7. The fraction of sp³-hybridized carbons (Fsp3) is 0.556. The van der Waals surface area contributed by atoms with Crippen LogP contribution in [0.25, 0.3) is 0 Å². The van der Waals surface area contributed by atoms with Crippen LogP contribution in [-0.2, 0) is 4.79 Å². The summed E-state index contributed by atoms with van der Waals surface area (Å²) < 4.78 is 0. The van der Waals surface area contributed by atoms with E-state index in [0.717, 1.165) is 25.7 Å². The highest BCUT2D eigenvalue weighted by Crippen LogP contribution is 2.24. The van der Waals surface area contributed by atoms with Crippen molar-refractivity contribution in [3.05, 3.63) is 28.8 Å². The Kier molecular flexibility index (Phi) is 11.5. The quantitative estimate of drug-likeness (QED) is 0.624. The van der Waals surface area contributed by atoms with E-state index in [0.29, 0.717) is 29.2 Å². The van der Waals surface area contributed by atoms with Gasteiger partial charge in [-0.05, 0) is 51.4 Å². The van der Waals surface area contributed by atoms with Crippen LogP contribution in [0.3, 0.4) is 0 Å². The van der Waals surface area contributed by atoms with Crippen LogP contribution in [0.4, 0.5) is 5.69 Å². The molecule has 5 nitrogen and oxygen atoms in total. The van der Waals surface area contributed by atoms with Crippen molar-refractivity contribution < 1.29 is 9.59 Å². The molecular formula is C18H29Cl2N3O2. The molecule has 25 heavy (non-hydrogen) atoms. The molecule has 0 aliphatic heterocycles. The number of amides is 2. The third kappa shape index (κ3) is 8.08. The zero-order valence-corrected chi connectivity index (χ0v) is 16.8. The third-order valence-electron chi connectivity index (χ3n) is 3.94. The molecule has 0 aliphatic rings. The lowest BCUT2D eigenvalue weighted by Gasteiger charge is -2.22. The lowest BCUT2D eigenvalue weighted by molar-refractivity contribution is -0.116. The first-order valence-electron chi connectivity index (χ1n) is 8.43. The number of hydrogen-bond acceptors (Lipinski definition) is 3. The highest BCUT2D eigenvalue weighted by atomic mass is 35.5. The molecule has 7 heteroatoms. The number of halogens is 2. The molecule has 0 unspecified atom stereocenters. The SMILES string of the molecule is CC(C)N(C)C(=O)c1ccc(Cl)c(NC(=O)CCCCCCN)c1.Cl. The number of anilines is 1. The van der Waals surface area contributed by atoms with Crippen molar-refractivity contribution in [3.63, 3.8) is 0 Å². The zero-order chi connectivity index (χ0) is 18.1. The molecule has 1 rings (SSSR count). The van der Waals surface area contributed by atoms with E-state index in [1.807, 2.05) is 13.8 Å². The zero-order valence-electron chi connectivity index (χ0n) is 15.2. The normalized spacial score (nSPS) is 10.3.